The van der Waals surface area contributed by atoms with Crippen molar-refractivity contribution in [2.24, 2.45) is 5.92 Å². The van der Waals surface area contributed by atoms with E-state index in [0.29, 0.717) is 0 Å². The van der Waals surface area contributed by atoms with E-state index in [1.165, 1.54) is 0 Å². The van der Waals surface area contributed by atoms with E-state index in [9.17, 15) is 4.79 Å². The molecule has 2 N–H and O–H groups in total. The number of hydrogen-bond donors (Lipinski definition) is 2. The third kappa shape index (κ3) is 3.23. The Hall–Kier alpha value is -1.62. The lowest BCUT2D eigenvalue weighted by Crippen LogP contribution is -2.32. The number of aliphatic hydroxyl groups excluding tert-OH is 1. The number of nitrogens with one attached hydrogen (secondary N) is 1. The van der Waals surface area contributed by atoms with Crippen LogP contribution < -0.4 is 5.32 Å². The molecule has 0 spiro atoms. The van der Waals surface area contributed by atoms with E-state index in [0.717, 1.165) is 18.5 Å². The van der Waals surface area contributed by atoms with Gasteiger partial charge in [-0.3, -0.25) is 4.79 Å². The van der Waals surface area contributed by atoms with Crippen LogP contribution in [-0.4, -0.2) is 28.8 Å². The Bertz CT molecular complexity index is 467. The maximum Gasteiger partial charge on any atom is 0.290 e. The standard InChI is InChI=1S/C14H20N2O3/c1-3-9(2)12-7-13(19-16-12)14(18)15-11-5-4-10(6-11)8-17/h4-5,7,9-11,17H,3,6,8H2,1-2H3,(H,15,18)/t9?,10-,11+/m0/s1. The second-order valence-electron chi connectivity index (χ2n) is 5.07. The third-order valence-corrected chi connectivity index (χ3v) is 3.59. The maximum atomic E-state index is 12.0. The number of hydrogen-bond acceptors (Lipinski definition) is 4. The van der Waals surface area contributed by atoms with Crippen LogP contribution in [0.2, 0.25) is 0 Å². The maximum absolute atomic E-state index is 12.0. The van der Waals surface area contributed by atoms with Crippen molar-refractivity contribution < 1.29 is 14.4 Å². The molecule has 2 rings (SSSR count). The van der Waals surface area contributed by atoms with E-state index in [4.69, 9.17) is 9.63 Å². The van der Waals surface area contributed by atoms with Gasteiger partial charge < -0.3 is 14.9 Å². The van der Waals surface area contributed by atoms with Crippen LogP contribution in [0.4, 0.5) is 0 Å². The number of amides is 1. The fourth-order valence-corrected chi connectivity index (χ4v) is 2.09. The van der Waals surface area contributed by atoms with Crippen molar-refractivity contribution in [1.82, 2.24) is 10.5 Å². The van der Waals surface area contributed by atoms with Crippen LogP contribution in [0.5, 0.6) is 0 Å². The van der Waals surface area contributed by atoms with Gasteiger partial charge in [0.25, 0.3) is 5.91 Å². The Morgan fingerprint density at radius 1 is 1.63 bits per heavy atom. The van der Waals surface area contributed by atoms with Crippen LogP contribution in [-0.2, 0) is 0 Å². The molecule has 5 heteroatoms. The number of rotatable bonds is 5. The minimum Gasteiger partial charge on any atom is -0.396 e. The highest BCUT2D eigenvalue weighted by atomic mass is 16.5. The summed E-state index contributed by atoms with van der Waals surface area (Å²) in [7, 11) is 0. The molecule has 1 aromatic rings. The molecule has 3 atom stereocenters. The molecule has 1 heterocycles. The van der Waals surface area contributed by atoms with Gasteiger partial charge in [-0.05, 0) is 12.8 Å². The molecule has 19 heavy (non-hydrogen) atoms. The Balaban J connectivity index is 1.93. The molecule has 0 fully saturated rings. The van der Waals surface area contributed by atoms with Gasteiger partial charge in [0.05, 0.1) is 5.69 Å². The average molecular weight is 264 g/mol. The normalized spacial score (nSPS) is 23.5. The highest BCUT2D eigenvalue weighted by Gasteiger charge is 2.22. The van der Waals surface area contributed by atoms with Gasteiger partial charge in [-0.15, -0.1) is 0 Å². The molecule has 1 amide bonds. The van der Waals surface area contributed by atoms with Gasteiger partial charge in [-0.1, -0.05) is 31.2 Å². The molecular formula is C14H20N2O3. The predicted octanol–water partition coefficient (Wildman–Crippen LogP) is 1.85. The topological polar surface area (TPSA) is 75.4 Å². The van der Waals surface area contributed by atoms with E-state index in [1.54, 1.807) is 6.07 Å². The van der Waals surface area contributed by atoms with E-state index in [-0.39, 0.29) is 36.2 Å². The molecule has 5 nitrogen and oxygen atoms in total. The van der Waals surface area contributed by atoms with Gasteiger partial charge in [-0.2, -0.15) is 0 Å². The number of aliphatic hydroxyl groups is 1. The summed E-state index contributed by atoms with van der Waals surface area (Å²) >= 11 is 0. The monoisotopic (exact) mass is 264 g/mol. The van der Waals surface area contributed by atoms with Crippen LogP contribution in [0.1, 0.15) is 48.9 Å². The van der Waals surface area contributed by atoms with Crippen molar-refractivity contribution in [2.75, 3.05) is 6.61 Å². The predicted molar refractivity (Wildman–Crippen MR) is 70.8 cm³/mol. The molecule has 0 saturated heterocycles. The summed E-state index contributed by atoms with van der Waals surface area (Å²) in [5.74, 6) is 0.414. The lowest BCUT2D eigenvalue weighted by molar-refractivity contribution is 0.0904. The van der Waals surface area contributed by atoms with Gasteiger partial charge in [0.15, 0.2) is 0 Å². The highest BCUT2D eigenvalue weighted by Crippen LogP contribution is 2.20. The van der Waals surface area contributed by atoms with Gasteiger partial charge in [0.2, 0.25) is 5.76 Å². The van der Waals surface area contributed by atoms with Crippen molar-refractivity contribution >= 4 is 5.91 Å². The molecule has 1 unspecified atom stereocenters. The smallest absolute Gasteiger partial charge is 0.290 e. The second-order valence-corrected chi connectivity index (χ2v) is 5.07. The zero-order valence-electron chi connectivity index (χ0n) is 11.3. The van der Waals surface area contributed by atoms with Crippen molar-refractivity contribution in [3.05, 3.63) is 29.7 Å². The zero-order valence-corrected chi connectivity index (χ0v) is 11.3. The summed E-state index contributed by atoms with van der Waals surface area (Å²) in [5, 5.41) is 15.8. The van der Waals surface area contributed by atoms with Crippen LogP contribution in [0.15, 0.2) is 22.7 Å². The van der Waals surface area contributed by atoms with E-state index < -0.39 is 0 Å². The molecule has 0 aliphatic heterocycles. The van der Waals surface area contributed by atoms with Crippen LogP contribution >= 0.6 is 0 Å². The minimum atomic E-state index is -0.254. The lowest BCUT2D eigenvalue weighted by Gasteiger charge is -2.10. The quantitative estimate of drug-likeness (QED) is 0.796. The van der Waals surface area contributed by atoms with Gasteiger partial charge in [0.1, 0.15) is 0 Å². The first kappa shape index (κ1) is 13.8. The van der Waals surface area contributed by atoms with Crippen molar-refractivity contribution in [1.29, 1.82) is 0 Å². The van der Waals surface area contributed by atoms with Gasteiger partial charge in [-0.25, -0.2) is 0 Å². The molecule has 1 aromatic heterocycles. The molecule has 0 saturated carbocycles. The minimum absolute atomic E-state index is 0.0400. The highest BCUT2D eigenvalue weighted by molar-refractivity contribution is 5.91. The Kier molecular flexibility index (Phi) is 4.37. The van der Waals surface area contributed by atoms with Gasteiger partial charge >= 0.3 is 0 Å². The summed E-state index contributed by atoms with van der Waals surface area (Å²) in [4.78, 5) is 12.0. The summed E-state index contributed by atoms with van der Waals surface area (Å²) in [6.45, 7) is 4.23. The van der Waals surface area contributed by atoms with E-state index in [1.807, 2.05) is 19.1 Å². The first-order valence-corrected chi connectivity index (χ1v) is 6.70. The molecule has 0 radical (unpaired) electrons. The Morgan fingerprint density at radius 2 is 2.42 bits per heavy atom. The average Bonchev–Trinajstić information content (AvgIpc) is 3.06. The van der Waals surface area contributed by atoms with Crippen molar-refractivity contribution in [3.63, 3.8) is 0 Å². The SMILES string of the molecule is CCC(C)c1cc(C(=O)N[C@@H]2C=C[C@H](CO)C2)on1. The Labute approximate surface area is 112 Å². The first-order valence-electron chi connectivity index (χ1n) is 6.70. The van der Waals surface area contributed by atoms with Crippen molar-refractivity contribution in [3.8, 4) is 0 Å². The number of aromatic nitrogens is 1. The molecule has 104 valence electrons. The van der Waals surface area contributed by atoms with Crippen molar-refractivity contribution in [2.45, 2.75) is 38.6 Å². The third-order valence-electron chi connectivity index (χ3n) is 3.59. The summed E-state index contributed by atoms with van der Waals surface area (Å²) in [5.41, 5.74) is 0.808. The first-order chi connectivity index (χ1) is 9.13. The molecule has 0 aromatic carbocycles. The fourth-order valence-electron chi connectivity index (χ4n) is 2.09. The summed E-state index contributed by atoms with van der Waals surface area (Å²) in [6.07, 6.45) is 5.52. The fraction of sp³-hybridized carbons (Fsp3) is 0.571. The largest absolute Gasteiger partial charge is 0.396 e. The second kappa shape index (κ2) is 6.02. The Morgan fingerprint density at radius 3 is 3.05 bits per heavy atom. The van der Waals surface area contributed by atoms with E-state index in [2.05, 4.69) is 17.4 Å². The zero-order chi connectivity index (χ0) is 13.8. The number of nitrogens with zero attached hydrogens (tertiary/aromatic N) is 1. The van der Waals surface area contributed by atoms with Crippen LogP contribution in [0.25, 0.3) is 0 Å². The number of carbonyl (C=O) groups is 1. The molecule has 0 bridgehead atoms. The van der Waals surface area contributed by atoms with Crippen LogP contribution in [0.3, 0.4) is 0 Å². The summed E-state index contributed by atoms with van der Waals surface area (Å²) < 4.78 is 5.08. The van der Waals surface area contributed by atoms with Crippen LogP contribution in [0, 0.1) is 5.92 Å². The molecule has 1 aliphatic rings. The van der Waals surface area contributed by atoms with E-state index >= 15 is 0 Å². The molecule has 1 aliphatic carbocycles. The lowest BCUT2D eigenvalue weighted by atomic mass is 10.1. The van der Waals surface area contributed by atoms with Gasteiger partial charge in [0, 0.05) is 30.6 Å². The number of carbonyl (C=O) groups excluding carboxylic acids is 1. The molecular weight excluding hydrogens is 244 g/mol. The summed E-state index contributed by atoms with van der Waals surface area (Å²) in [6, 6.07) is 1.66.